The topological polar surface area (TPSA) is 81.2 Å². The number of aryl methyl sites for hydroxylation is 1. The fourth-order valence-electron chi connectivity index (χ4n) is 1.92. The van der Waals surface area contributed by atoms with Crippen molar-refractivity contribution in [3.05, 3.63) is 17.3 Å². The van der Waals surface area contributed by atoms with Crippen LogP contribution in [-0.2, 0) is 20.7 Å². The van der Waals surface area contributed by atoms with Crippen LogP contribution < -0.4 is 5.32 Å². The highest BCUT2D eigenvalue weighted by molar-refractivity contribution is 8.00. The van der Waals surface area contributed by atoms with Crippen LogP contribution in [0.1, 0.15) is 24.6 Å². The molecule has 6 nitrogen and oxygen atoms in total. The van der Waals surface area contributed by atoms with Crippen molar-refractivity contribution in [2.75, 3.05) is 19.4 Å². The predicted molar refractivity (Wildman–Crippen MR) is 91.8 cm³/mol. The first kappa shape index (κ1) is 17.7. The van der Waals surface area contributed by atoms with Crippen LogP contribution in [0.15, 0.2) is 17.4 Å². The van der Waals surface area contributed by atoms with Crippen LogP contribution in [0.3, 0.4) is 0 Å². The van der Waals surface area contributed by atoms with Gasteiger partial charge in [0.25, 0.3) is 0 Å². The number of methoxy groups -OCH3 is 1. The molecule has 0 saturated carbocycles. The molecule has 0 radical (unpaired) electrons. The molecule has 0 aliphatic carbocycles. The van der Waals surface area contributed by atoms with Crippen molar-refractivity contribution >= 4 is 45.2 Å². The van der Waals surface area contributed by atoms with Crippen molar-refractivity contribution in [3.8, 4) is 0 Å². The van der Waals surface area contributed by atoms with Gasteiger partial charge in [-0.2, -0.15) is 0 Å². The Morgan fingerprint density at radius 3 is 2.96 bits per heavy atom. The Morgan fingerprint density at radius 1 is 1.39 bits per heavy atom. The minimum absolute atomic E-state index is 0.0717. The first-order valence-electron chi connectivity index (χ1n) is 7.33. The van der Waals surface area contributed by atoms with Gasteiger partial charge in [-0.05, 0) is 18.9 Å². The molecular weight excluding hydrogens is 334 g/mol. The number of aromatic nitrogens is 2. The second kappa shape index (κ2) is 8.83. The Bertz CT molecular complexity index is 688. The summed E-state index contributed by atoms with van der Waals surface area (Å²) in [5.41, 5.74) is 0. The zero-order chi connectivity index (χ0) is 16.7. The minimum atomic E-state index is -0.263. The summed E-state index contributed by atoms with van der Waals surface area (Å²) in [4.78, 5) is 33.6. The minimum Gasteiger partial charge on any atom is -0.469 e. The van der Waals surface area contributed by atoms with E-state index < -0.39 is 0 Å². The van der Waals surface area contributed by atoms with Crippen molar-refractivity contribution in [1.82, 2.24) is 15.3 Å². The van der Waals surface area contributed by atoms with Gasteiger partial charge in [0.2, 0.25) is 5.91 Å². The van der Waals surface area contributed by atoms with E-state index in [1.54, 1.807) is 11.3 Å². The van der Waals surface area contributed by atoms with Gasteiger partial charge in [0, 0.05) is 23.2 Å². The predicted octanol–water partition coefficient (Wildman–Crippen LogP) is 2.42. The molecule has 0 atom stereocenters. The van der Waals surface area contributed by atoms with Crippen LogP contribution in [0, 0.1) is 0 Å². The zero-order valence-corrected chi connectivity index (χ0v) is 14.8. The highest BCUT2D eigenvalue weighted by Gasteiger charge is 2.10. The summed E-state index contributed by atoms with van der Waals surface area (Å²) in [6, 6.07) is 2.09. The lowest BCUT2D eigenvalue weighted by Crippen LogP contribution is -2.26. The summed E-state index contributed by atoms with van der Waals surface area (Å²) in [6.45, 7) is 2.57. The van der Waals surface area contributed by atoms with E-state index in [1.165, 1.54) is 30.1 Å². The van der Waals surface area contributed by atoms with E-state index in [0.717, 1.165) is 21.7 Å². The highest BCUT2D eigenvalue weighted by Crippen LogP contribution is 2.30. The second-order valence-corrected chi connectivity index (χ2v) is 6.86. The molecule has 1 amide bonds. The number of hydrogen-bond donors (Lipinski definition) is 1. The summed E-state index contributed by atoms with van der Waals surface area (Å²) < 4.78 is 4.55. The van der Waals surface area contributed by atoms with E-state index >= 15 is 0 Å². The number of nitrogens with zero attached hydrogens (tertiary/aromatic N) is 2. The first-order valence-corrected chi connectivity index (χ1v) is 9.14. The second-order valence-electron chi connectivity index (χ2n) is 4.78. The molecule has 2 rings (SSSR count). The fourth-order valence-corrected chi connectivity index (χ4v) is 3.72. The normalized spacial score (nSPS) is 10.7. The molecule has 0 unspecified atom stereocenters. The highest BCUT2D eigenvalue weighted by atomic mass is 32.2. The molecule has 0 aliphatic rings. The molecule has 2 aromatic heterocycles. The fraction of sp³-hybridized carbons (Fsp3) is 0.467. The number of nitrogens with one attached hydrogen (secondary N) is 1. The van der Waals surface area contributed by atoms with Crippen LogP contribution in [0.25, 0.3) is 10.2 Å². The molecule has 23 heavy (non-hydrogen) atoms. The van der Waals surface area contributed by atoms with Gasteiger partial charge in [-0.1, -0.05) is 18.7 Å². The number of amides is 1. The Morgan fingerprint density at radius 2 is 2.22 bits per heavy atom. The summed E-state index contributed by atoms with van der Waals surface area (Å²) in [7, 11) is 1.36. The maximum atomic E-state index is 11.8. The zero-order valence-electron chi connectivity index (χ0n) is 13.1. The number of thioether (sulfide) groups is 1. The molecule has 0 spiro atoms. The Labute approximate surface area is 143 Å². The number of thiophene rings is 1. The molecule has 124 valence electrons. The average Bonchev–Trinajstić information content (AvgIpc) is 3.00. The van der Waals surface area contributed by atoms with E-state index in [9.17, 15) is 9.59 Å². The van der Waals surface area contributed by atoms with Crippen molar-refractivity contribution in [2.24, 2.45) is 0 Å². The van der Waals surface area contributed by atoms with Gasteiger partial charge in [-0.3, -0.25) is 9.59 Å². The maximum Gasteiger partial charge on any atom is 0.305 e. The van der Waals surface area contributed by atoms with Gasteiger partial charge in [0.15, 0.2) is 0 Å². The first-order chi connectivity index (χ1) is 11.1. The number of fused-ring (bicyclic) bond motifs is 1. The monoisotopic (exact) mass is 353 g/mol. The number of esters is 1. The smallest absolute Gasteiger partial charge is 0.305 e. The van der Waals surface area contributed by atoms with Gasteiger partial charge in [0.05, 0.1) is 12.9 Å². The van der Waals surface area contributed by atoms with Gasteiger partial charge in [0.1, 0.15) is 16.2 Å². The van der Waals surface area contributed by atoms with Crippen molar-refractivity contribution in [2.45, 2.75) is 31.2 Å². The Kier molecular flexibility index (Phi) is 6.79. The van der Waals surface area contributed by atoms with Gasteiger partial charge < -0.3 is 10.1 Å². The largest absolute Gasteiger partial charge is 0.469 e. The number of carbonyl (C=O) groups is 2. The van der Waals surface area contributed by atoms with Crippen LogP contribution >= 0.6 is 23.1 Å². The van der Waals surface area contributed by atoms with E-state index in [2.05, 4.69) is 33.0 Å². The van der Waals surface area contributed by atoms with E-state index in [0.29, 0.717) is 25.1 Å². The van der Waals surface area contributed by atoms with Crippen molar-refractivity contribution < 1.29 is 14.3 Å². The van der Waals surface area contributed by atoms with Crippen LogP contribution in [0.2, 0.25) is 0 Å². The maximum absolute atomic E-state index is 11.8. The molecule has 0 fully saturated rings. The standard InChI is InChI=1S/C15H19N3O3S2/c1-3-10-7-11-14(17-9-18-15(11)23-10)22-8-12(19)16-6-4-5-13(20)21-2/h7,9H,3-6,8H2,1-2H3,(H,16,19). The summed E-state index contributed by atoms with van der Waals surface area (Å²) in [5.74, 6) is -0.0412. The lowest BCUT2D eigenvalue weighted by atomic mass is 10.3. The summed E-state index contributed by atoms with van der Waals surface area (Å²) in [6.07, 6.45) is 3.39. The molecule has 8 heteroatoms. The van der Waals surface area contributed by atoms with E-state index in [4.69, 9.17) is 0 Å². The van der Waals surface area contributed by atoms with Gasteiger partial charge >= 0.3 is 5.97 Å². The molecule has 2 aromatic rings. The van der Waals surface area contributed by atoms with E-state index in [1.807, 2.05) is 0 Å². The van der Waals surface area contributed by atoms with Gasteiger partial charge in [-0.15, -0.1) is 11.3 Å². The lowest BCUT2D eigenvalue weighted by Gasteiger charge is -2.05. The molecule has 0 bridgehead atoms. The average molecular weight is 353 g/mol. The molecule has 2 heterocycles. The van der Waals surface area contributed by atoms with Crippen molar-refractivity contribution in [3.63, 3.8) is 0 Å². The third kappa shape index (κ3) is 5.18. The summed E-state index contributed by atoms with van der Waals surface area (Å²) >= 11 is 3.06. The quantitative estimate of drug-likeness (QED) is 0.340. The lowest BCUT2D eigenvalue weighted by molar-refractivity contribution is -0.140. The SMILES string of the molecule is CCc1cc2c(SCC(=O)NCCCC(=O)OC)ncnc2s1. The Balaban J connectivity index is 1.82. The van der Waals surface area contributed by atoms with Gasteiger partial charge in [-0.25, -0.2) is 9.97 Å². The van der Waals surface area contributed by atoms with Crippen molar-refractivity contribution in [1.29, 1.82) is 0 Å². The number of rotatable bonds is 8. The molecule has 0 aliphatic heterocycles. The molecule has 1 N–H and O–H groups in total. The van der Waals surface area contributed by atoms with Crippen LogP contribution in [0.4, 0.5) is 0 Å². The van der Waals surface area contributed by atoms with E-state index in [-0.39, 0.29) is 11.9 Å². The Hall–Kier alpha value is -1.67. The number of hydrogen-bond acceptors (Lipinski definition) is 7. The summed E-state index contributed by atoms with van der Waals surface area (Å²) in [5, 5.41) is 4.63. The molecule has 0 aromatic carbocycles. The number of ether oxygens (including phenoxy) is 1. The van der Waals surface area contributed by atoms with Crippen LogP contribution in [-0.4, -0.2) is 41.3 Å². The molecule has 0 saturated heterocycles. The molecular formula is C15H19N3O3S2. The third-order valence-electron chi connectivity index (χ3n) is 3.14. The number of carbonyl (C=O) groups excluding carboxylic acids is 2. The van der Waals surface area contributed by atoms with Crippen LogP contribution in [0.5, 0.6) is 0 Å². The third-order valence-corrected chi connectivity index (χ3v) is 5.33.